The van der Waals surface area contributed by atoms with Gasteiger partial charge >= 0.3 is 0 Å². The molecule has 3 nitrogen and oxygen atoms in total. The third-order valence-electron chi connectivity index (χ3n) is 6.73. The van der Waals surface area contributed by atoms with Crippen molar-refractivity contribution in [2.24, 2.45) is 11.8 Å². The van der Waals surface area contributed by atoms with Crippen LogP contribution >= 0.6 is 0 Å². The molecule has 0 unspecified atom stereocenters. The van der Waals surface area contributed by atoms with Gasteiger partial charge in [0.2, 0.25) is 0 Å². The van der Waals surface area contributed by atoms with Crippen molar-refractivity contribution in [2.75, 3.05) is 33.7 Å². The SMILES string of the molecule is CN(C)C[C@H]1[C@H]2CN(C3CCCCCC3)C[C@]23CC[C@H]1O3. The highest BCUT2D eigenvalue weighted by Crippen LogP contribution is 2.55. The zero-order valence-corrected chi connectivity index (χ0v) is 13.9. The summed E-state index contributed by atoms with van der Waals surface area (Å²) < 4.78 is 6.58. The Kier molecular flexibility index (Phi) is 3.79. The lowest BCUT2D eigenvalue weighted by Crippen LogP contribution is -2.40. The summed E-state index contributed by atoms with van der Waals surface area (Å²) in [5.41, 5.74) is 0.248. The van der Waals surface area contributed by atoms with E-state index in [-0.39, 0.29) is 5.60 Å². The average molecular weight is 292 g/mol. The predicted octanol–water partition coefficient (Wildman–Crippen LogP) is 2.75. The Morgan fingerprint density at radius 1 is 1.10 bits per heavy atom. The van der Waals surface area contributed by atoms with Gasteiger partial charge in [0, 0.05) is 37.5 Å². The molecule has 21 heavy (non-hydrogen) atoms. The summed E-state index contributed by atoms with van der Waals surface area (Å²) in [7, 11) is 4.44. The summed E-state index contributed by atoms with van der Waals surface area (Å²) in [4.78, 5) is 5.21. The molecule has 0 aromatic rings. The molecule has 3 aliphatic heterocycles. The molecule has 120 valence electrons. The van der Waals surface area contributed by atoms with Crippen LogP contribution < -0.4 is 0 Å². The number of rotatable bonds is 3. The fourth-order valence-corrected chi connectivity index (χ4v) is 5.79. The Morgan fingerprint density at radius 2 is 1.86 bits per heavy atom. The summed E-state index contributed by atoms with van der Waals surface area (Å²) in [5.74, 6) is 1.59. The largest absolute Gasteiger partial charge is 0.370 e. The Bertz CT molecular complexity index is 377. The third-order valence-corrected chi connectivity index (χ3v) is 6.73. The normalized spacial score (nSPS) is 44.4. The van der Waals surface area contributed by atoms with Crippen molar-refractivity contribution in [3.05, 3.63) is 0 Å². The van der Waals surface area contributed by atoms with E-state index >= 15 is 0 Å². The van der Waals surface area contributed by atoms with E-state index in [0.717, 1.165) is 17.9 Å². The Balaban J connectivity index is 1.48. The number of hydrogen-bond donors (Lipinski definition) is 0. The Labute approximate surface area is 130 Å². The molecule has 4 rings (SSSR count). The molecule has 0 aromatic carbocycles. The van der Waals surface area contributed by atoms with Crippen molar-refractivity contribution in [1.29, 1.82) is 0 Å². The highest BCUT2D eigenvalue weighted by Gasteiger charge is 2.63. The molecule has 2 bridgehead atoms. The molecule has 3 saturated heterocycles. The van der Waals surface area contributed by atoms with Crippen LogP contribution in [0.4, 0.5) is 0 Å². The van der Waals surface area contributed by atoms with Crippen LogP contribution in [0.15, 0.2) is 0 Å². The van der Waals surface area contributed by atoms with E-state index in [1.165, 1.54) is 71.0 Å². The molecule has 4 atom stereocenters. The van der Waals surface area contributed by atoms with Crippen molar-refractivity contribution in [2.45, 2.75) is 69.1 Å². The first-order valence-electron chi connectivity index (χ1n) is 9.24. The maximum Gasteiger partial charge on any atom is 0.0858 e. The first-order chi connectivity index (χ1) is 10.2. The van der Waals surface area contributed by atoms with Gasteiger partial charge in [-0.15, -0.1) is 0 Å². The van der Waals surface area contributed by atoms with E-state index in [1.807, 2.05) is 0 Å². The first-order valence-corrected chi connectivity index (χ1v) is 9.24. The van der Waals surface area contributed by atoms with Crippen molar-refractivity contribution >= 4 is 0 Å². The minimum Gasteiger partial charge on any atom is -0.370 e. The smallest absolute Gasteiger partial charge is 0.0858 e. The Morgan fingerprint density at radius 3 is 2.57 bits per heavy atom. The lowest BCUT2D eigenvalue weighted by atomic mass is 9.73. The minimum atomic E-state index is 0.248. The van der Waals surface area contributed by atoms with Crippen LogP contribution in [-0.4, -0.2) is 61.3 Å². The van der Waals surface area contributed by atoms with Crippen molar-refractivity contribution in [3.63, 3.8) is 0 Å². The summed E-state index contributed by atoms with van der Waals surface area (Å²) in [6.45, 7) is 3.78. The van der Waals surface area contributed by atoms with Crippen LogP contribution in [-0.2, 0) is 4.74 Å². The van der Waals surface area contributed by atoms with Gasteiger partial charge in [-0.3, -0.25) is 4.90 Å². The molecule has 0 amide bonds. The van der Waals surface area contributed by atoms with E-state index < -0.39 is 0 Å². The van der Waals surface area contributed by atoms with E-state index in [0.29, 0.717) is 6.10 Å². The second kappa shape index (κ2) is 5.50. The second-order valence-electron chi connectivity index (χ2n) is 8.37. The number of hydrogen-bond acceptors (Lipinski definition) is 3. The molecule has 4 fully saturated rings. The Hall–Kier alpha value is -0.120. The van der Waals surface area contributed by atoms with E-state index in [9.17, 15) is 0 Å². The van der Waals surface area contributed by atoms with Gasteiger partial charge in [-0.25, -0.2) is 0 Å². The highest BCUT2D eigenvalue weighted by molar-refractivity contribution is 5.13. The van der Waals surface area contributed by atoms with Crippen molar-refractivity contribution in [3.8, 4) is 0 Å². The van der Waals surface area contributed by atoms with E-state index in [1.54, 1.807) is 0 Å². The lowest BCUT2D eigenvalue weighted by Gasteiger charge is -2.31. The van der Waals surface area contributed by atoms with Crippen molar-refractivity contribution in [1.82, 2.24) is 9.80 Å². The summed E-state index contributed by atoms with van der Waals surface area (Å²) in [5, 5.41) is 0. The van der Waals surface area contributed by atoms with Gasteiger partial charge in [-0.2, -0.15) is 0 Å². The van der Waals surface area contributed by atoms with Crippen LogP contribution in [0.5, 0.6) is 0 Å². The zero-order chi connectivity index (χ0) is 14.4. The molecular weight excluding hydrogens is 260 g/mol. The lowest BCUT2D eigenvalue weighted by molar-refractivity contribution is -0.00253. The van der Waals surface area contributed by atoms with Crippen LogP contribution in [0.3, 0.4) is 0 Å². The minimum absolute atomic E-state index is 0.248. The van der Waals surface area contributed by atoms with Gasteiger partial charge in [-0.1, -0.05) is 25.7 Å². The van der Waals surface area contributed by atoms with Gasteiger partial charge in [0.1, 0.15) is 0 Å². The van der Waals surface area contributed by atoms with Gasteiger partial charge in [0.25, 0.3) is 0 Å². The molecule has 1 aliphatic carbocycles. The fraction of sp³-hybridized carbons (Fsp3) is 1.00. The maximum atomic E-state index is 6.58. The monoisotopic (exact) mass is 292 g/mol. The summed E-state index contributed by atoms with van der Waals surface area (Å²) >= 11 is 0. The quantitative estimate of drug-likeness (QED) is 0.744. The molecule has 3 heterocycles. The van der Waals surface area contributed by atoms with Gasteiger partial charge in [-0.05, 0) is 39.8 Å². The standard InChI is InChI=1S/C18H32N2O/c1-19(2)11-15-16-12-20(14-7-5-3-4-6-8-14)13-18(16)10-9-17(15)21-18/h14-17H,3-13H2,1-2H3/t15-,16+,17+,18+/m0/s1. The van der Waals surface area contributed by atoms with Gasteiger partial charge in [0.15, 0.2) is 0 Å². The van der Waals surface area contributed by atoms with E-state index in [2.05, 4.69) is 23.9 Å². The first kappa shape index (κ1) is 14.5. The highest BCUT2D eigenvalue weighted by atomic mass is 16.5. The number of ether oxygens (including phenoxy) is 1. The second-order valence-corrected chi connectivity index (χ2v) is 8.37. The average Bonchev–Trinajstić information content (AvgIpc) is 3.01. The number of likely N-dealkylation sites (tertiary alicyclic amines) is 1. The van der Waals surface area contributed by atoms with Crippen LogP contribution in [0.25, 0.3) is 0 Å². The number of fused-ring (bicyclic) bond motifs is 1. The van der Waals surface area contributed by atoms with Crippen LogP contribution in [0, 0.1) is 11.8 Å². The topological polar surface area (TPSA) is 15.7 Å². The third kappa shape index (κ3) is 2.46. The van der Waals surface area contributed by atoms with Gasteiger partial charge < -0.3 is 9.64 Å². The molecule has 0 aromatic heterocycles. The van der Waals surface area contributed by atoms with Crippen LogP contribution in [0.1, 0.15) is 51.4 Å². The molecule has 0 N–H and O–H groups in total. The predicted molar refractivity (Wildman–Crippen MR) is 85.4 cm³/mol. The molecular formula is C18H32N2O. The summed E-state index contributed by atoms with van der Waals surface area (Å²) in [6, 6.07) is 0.857. The molecule has 3 heteroatoms. The maximum absolute atomic E-state index is 6.58. The van der Waals surface area contributed by atoms with Crippen molar-refractivity contribution < 1.29 is 4.74 Å². The molecule has 0 radical (unpaired) electrons. The van der Waals surface area contributed by atoms with E-state index in [4.69, 9.17) is 4.74 Å². The number of nitrogens with zero attached hydrogens (tertiary/aromatic N) is 2. The summed E-state index contributed by atoms with van der Waals surface area (Å²) in [6.07, 6.45) is 11.9. The molecule has 1 saturated carbocycles. The van der Waals surface area contributed by atoms with Gasteiger partial charge in [0.05, 0.1) is 11.7 Å². The van der Waals surface area contributed by atoms with Crippen LogP contribution in [0.2, 0.25) is 0 Å². The zero-order valence-electron chi connectivity index (χ0n) is 13.9. The molecule has 1 spiro atoms. The fourth-order valence-electron chi connectivity index (χ4n) is 5.79. The molecule has 4 aliphatic rings.